The number of aliphatic hydroxyl groups is 1. The highest BCUT2D eigenvalue weighted by atomic mass is 35.5. The number of benzene rings is 2. The first kappa shape index (κ1) is 15.8. The molecule has 5 heteroatoms. The minimum atomic E-state index is -0.634. The highest BCUT2D eigenvalue weighted by Gasteiger charge is 2.03. The Balaban J connectivity index is 1.95. The lowest BCUT2D eigenvalue weighted by Gasteiger charge is -2.11. The SMILES string of the molecule is CC(O)NC(=S)Cc1ccc(Oc2ccc(Cl)cc2)cc1. The van der Waals surface area contributed by atoms with Gasteiger partial charge in [0.25, 0.3) is 0 Å². The maximum Gasteiger partial charge on any atom is 0.127 e. The summed E-state index contributed by atoms with van der Waals surface area (Å²) >= 11 is 11.0. The van der Waals surface area contributed by atoms with E-state index in [1.165, 1.54) is 0 Å². The molecule has 1 unspecified atom stereocenters. The zero-order valence-electron chi connectivity index (χ0n) is 11.5. The number of halogens is 1. The Morgan fingerprint density at radius 2 is 1.67 bits per heavy atom. The highest BCUT2D eigenvalue weighted by molar-refractivity contribution is 7.80. The molecule has 0 radical (unpaired) electrons. The number of thiocarbonyl (C=S) groups is 1. The molecule has 2 aromatic rings. The van der Waals surface area contributed by atoms with E-state index in [-0.39, 0.29) is 0 Å². The predicted octanol–water partition coefficient (Wildman–Crippen LogP) is 3.93. The van der Waals surface area contributed by atoms with E-state index in [4.69, 9.17) is 28.6 Å². The third-order valence-corrected chi connectivity index (χ3v) is 3.22. The molecule has 0 spiro atoms. The number of nitrogens with one attached hydrogen (secondary N) is 1. The van der Waals surface area contributed by atoms with Crippen molar-refractivity contribution in [1.29, 1.82) is 0 Å². The molecule has 0 fully saturated rings. The number of hydrogen-bond acceptors (Lipinski definition) is 3. The Labute approximate surface area is 134 Å². The third-order valence-electron chi connectivity index (χ3n) is 2.71. The Morgan fingerprint density at radius 1 is 1.14 bits per heavy atom. The van der Waals surface area contributed by atoms with Gasteiger partial charge in [-0.05, 0) is 48.9 Å². The van der Waals surface area contributed by atoms with Crippen LogP contribution in [0.4, 0.5) is 0 Å². The van der Waals surface area contributed by atoms with Gasteiger partial charge in [-0.3, -0.25) is 0 Å². The summed E-state index contributed by atoms with van der Waals surface area (Å²) in [5, 5.41) is 12.7. The largest absolute Gasteiger partial charge is 0.457 e. The van der Waals surface area contributed by atoms with Gasteiger partial charge in [-0.1, -0.05) is 36.0 Å². The molecule has 0 bridgehead atoms. The van der Waals surface area contributed by atoms with Crippen LogP contribution >= 0.6 is 23.8 Å². The van der Waals surface area contributed by atoms with Crippen molar-refractivity contribution in [2.24, 2.45) is 0 Å². The fourth-order valence-electron chi connectivity index (χ4n) is 1.78. The molecule has 0 amide bonds. The normalized spacial score (nSPS) is 11.8. The molecule has 0 saturated carbocycles. The van der Waals surface area contributed by atoms with Gasteiger partial charge in [-0.15, -0.1) is 0 Å². The van der Waals surface area contributed by atoms with Crippen molar-refractivity contribution in [2.45, 2.75) is 19.6 Å². The van der Waals surface area contributed by atoms with Gasteiger partial charge in [0, 0.05) is 11.4 Å². The van der Waals surface area contributed by atoms with Gasteiger partial charge in [-0.2, -0.15) is 0 Å². The molecule has 0 saturated heterocycles. The maximum atomic E-state index is 9.20. The zero-order chi connectivity index (χ0) is 15.2. The van der Waals surface area contributed by atoms with Gasteiger partial charge < -0.3 is 15.2 Å². The summed E-state index contributed by atoms with van der Waals surface area (Å²) in [6.45, 7) is 1.63. The molecular formula is C16H16ClNO2S. The van der Waals surface area contributed by atoms with E-state index in [0.717, 1.165) is 17.1 Å². The van der Waals surface area contributed by atoms with Crippen LogP contribution in [0.15, 0.2) is 48.5 Å². The number of rotatable bonds is 5. The van der Waals surface area contributed by atoms with E-state index in [1.54, 1.807) is 19.1 Å². The summed E-state index contributed by atoms with van der Waals surface area (Å²) in [4.78, 5) is 0.608. The molecule has 21 heavy (non-hydrogen) atoms. The van der Waals surface area contributed by atoms with Gasteiger partial charge in [-0.25, -0.2) is 0 Å². The van der Waals surface area contributed by atoms with Gasteiger partial charge >= 0.3 is 0 Å². The first-order chi connectivity index (χ1) is 10.0. The summed E-state index contributed by atoms with van der Waals surface area (Å²) < 4.78 is 5.71. The van der Waals surface area contributed by atoms with Crippen LogP contribution in [0.3, 0.4) is 0 Å². The van der Waals surface area contributed by atoms with Crippen molar-refractivity contribution in [1.82, 2.24) is 5.32 Å². The Morgan fingerprint density at radius 3 is 2.19 bits per heavy atom. The Hall–Kier alpha value is -1.62. The predicted molar refractivity (Wildman–Crippen MR) is 89.1 cm³/mol. The van der Waals surface area contributed by atoms with Gasteiger partial charge in [0.05, 0.1) is 4.99 Å². The summed E-state index contributed by atoms with van der Waals surface area (Å²) in [6.07, 6.45) is -0.0495. The molecule has 2 aromatic carbocycles. The zero-order valence-corrected chi connectivity index (χ0v) is 13.1. The number of aliphatic hydroxyl groups excluding tert-OH is 1. The van der Waals surface area contributed by atoms with Crippen molar-refractivity contribution in [3.8, 4) is 11.5 Å². The molecule has 0 heterocycles. The van der Waals surface area contributed by atoms with E-state index in [1.807, 2.05) is 36.4 Å². The minimum Gasteiger partial charge on any atom is -0.457 e. The van der Waals surface area contributed by atoms with Crippen molar-refractivity contribution < 1.29 is 9.84 Å². The van der Waals surface area contributed by atoms with Crippen LogP contribution in [0, 0.1) is 0 Å². The quantitative estimate of drug-likeness (QED) is 0.647. The van der Waals surface area contributed by atoms with E-state index in [2.05, 4.69) is 5.32 Å². The van der Waals surface area contributed by atoms with Gasteiger partial charge in [0.1, 0.15) is 17.7 Å². The molecule has 110 valence electrons. The summed E-state index contributed by atoms with van der Waals surface area (Å²) in [5.74, 6) is 1.48. The van der Waals surface area contributed by atoms with E-state index in [0.29, 0.717) is 16.4 Å². The van der Waals surface area contributed by atoms with E-state index < -0.39 is 6.23 Å². The van der Waals surface area contributed by atoms with Crippen LogP contribution in [-0.2, 0) is 6.42 Å². The van der Waals surface area contributed by atoms with Crippen molar-refractivity contribution in [3.05, 3.63) is 59.1 Å². The van der Waals surface area contributed by atoms with Crippen LogP contribution in [0.5, 0.6) is 11.5 Å². The molecule has 3 nitrogen and oxygen atoms in total. The van der Waals surface area contributed by atoms with Crippen molar-refractivity contribution in [2.75, 3.05) is 0 Å². The fraction of sp³-hybridized carbons (Fsp3) is 0.188. The second-order valence-electron chi connectivity index (χ2n) is 4.62. The van der Waals surface area contributed by atoms with Crippen molar-refractivity contribution >= 4 is 28.8 Å². The molecule has 0 aromatic heterocycles. The fourth-order valence-corrected chi connectivity index (χ4v) is 2.25. The maximum absolute atomic E-state index is 9.20. The smallest absolute Gasteiger partial charge is 0.127 e. The van der Waals surface area contributed by atoms with Gasteiger partial charge in [0.2, 0.25) is 0 Å². The molecule has 1 atom stereocenters. The van der Waals surface area contributed by atoms with Crippen LogP contribution < -0.4 is 10.1 Å². The lowest BCUT2D eigenvalue weighted by Crippen LogP contribution is -2.31. The van der Waals surface area contributed by atoms with E-state index >= 15 is 0 Å². The number of ether oxygens (including phenoxy) is 1. The first-order valence-electron chi connectivity index (χ1n) is 6.53. The van der Waals surface area contributed by atoms with Crippen LogP contribution in [-0.4, -0.2) is 16.3 Å². The lowest BCUT2D eigenvalue weighted by molar-refractivity contribution is 0.180. The average molecular weight is 322 g/mol. The molecule has 0 aliphatic carbocycles. The molecule has 2 rings (SSSR count). The minimum absolute atomic E-state index is 0.585. The summed E-state index contributed by atoms with van der Waals surface area (Å²) in [7, 11) is 0. The van der Waals surface area contributed by atoms with Crippen molar-refractivity contribution in [3.63, 3.8) is 0 Å². The highest BCUT2D eigenvalue weighted by Crippen LogP contribution is 2.23. The third kappa shape index (κ3) is 5.34. The topological polar surface area (TPSA) is 41.5 Å². The standard InChI is InChI=1S/C16H16ClNO2S/c1-11(19)18-16(21)10-12-2-6-14(7-3-12)20-15-8-4-13(17)5-9-15/h2-9,11,19H,10H2,1H3,(H,18,21). The molecule has 0 aliphatic heterocycles. The second kappa shape index (κ2) is 7.41. The summed E-state index contributed by atoms with van der Waals surface area (Å²) in [6, 6.07) is 14.9. The van der Waals surface area contributed by atoms with Crippen LogP contribution in [0.2, 0.25) is 5.02 Å². The molecule has 2 N–H and O–H groups in total. The Kier molecular flexibility index (Phi) is 5.56. The molecular weight excluding hydrogens is 306 g/mol. The second-order valence-corrected chi connectivity index (χ2v) is 5.55. The van der Waals surface area contributed by atoms with Crippen LogP contribution in [0.25, 0.3) is 0 Å². The van der Waals surface area contributed by atoms with E-state index in [9.17, 15) is 5.11 Å². The monoisotopic (exact) mass is 321 g/mol. The lowest BCUT2D eigenvalue weighted by atomic mass is 10.1. The molecule has 0 aliphatic rings. The Bertz CT molecular complexity index is 597. The average Bonchev–Trinajstić information content (AvgIpc) is 2.42. The summed E-state index contributed by atoms with van der Waals surface area (Å²) in [5.41, 5.74) is 1.05. The first-order valence-corrected chi connectivity index (χ1v) is 7.31. The van der Waals surface area contributed by atoms with Crippen LogP contribution in [0.1, 0.15) is 12.5 Å². The van der Waals surface area contributed by atoms with Gasteiger partial charge in [0.15, 0.2) is 0 Å². The number of hydrogen-bond donors (Lipinski definition) is 2.